The predicted octanol–water partition coefficient (Wildman–Crippen LogP) is 1.87. The zero-order valence-corrected chi connectivity index (χ0v) is 14.9. The number of guanidine groups is 1. The summed E-state index contributed by atoms with van der Waals surface area (Å²) in [5.74, 6) is 0.857. The maximum absolute atomic E-state index is 4.61. The van der Waals surface area contributed by atoms with Crippen LogP contribution in [-0.4, -0.2) is 52.5 Å². The summed E-state index contributed by atoms with van der Waals surface area (Å²) in [7, 11) is 1.82. The number of hydrogen-bond donors (Lipinski definition) is 2. The predicted molar refractivity (Wildman–Crippen MR) is 98.3 cm³/mol. The van der Waals surface area contributed by atoms with Gasteiger partial charge in [-0.2, -0.15) is 0 Å². The Kier molecular flexibility index (Phi) is 5.35. The third-order valence-corrected chi connectivity index (χ3v) is 4.68. The normalized spacial score (nSPS) is 17.6. The molecule has 0 amide bonds. The summed E-state index contributed by atoms with van der Waals surface area (Å²) >= 11 is 0. The summed E-state index contributed by atoms with van der Waals surface area (Å²) in [6, 6.07) is 7.16. The molecule has 6 nitrogen and oxygen atoms in total. The van der Waals surface area contributed by atoms with Crippen LogP contribution in [0, 0.1) is 0 Å². The number of nitrogens with one attached hydrogen (secondary N) is 2. The molecule has 0 aromatic carbocycles. The van der Waals surface area contributed by atoms with Gasteiger partial charge in [0.1, 0.15) is 5.65 Å². The smallest absolute Gasteiger partial charge is 0.191 e. The lowest BCUT2D eigenvalue weighted by Gasteiger charge is -2.35. The van der Waals surface area contributed by atoms with Gasteiger partial charge >= 0.3 is 0 Å². The fourth-order valence-electron chi connectivity index (χ4n) is 3.19. The number of fused-ring (bicyclic) bond motifs is 1. The quantitative estimate of drug-likeness (QED) is 0.664. The van der Waals surface area contributed by atoms with Crippen LogP contribution >= 0.6 is 0 Å². The highest BCUT2D eigenvalue weighted by atomic mass is 15.2. The molecule has 3 heterocycles. The number of piperidine rings is 1. The molecule has 1 aliphatic rings. The van der Waals surface area contributed by atoms with Gasteiger partial charge in [-0.3, -0.25) is 4.99 Å². The molecule has 3 rings (SSSR count). The molecule has 0 atom stereocenters. The standard InChI is InChI=1S/C18H28N6/c1-14(2)23-10-7-15(8-11-23)22-18(19-3)20-12-16-13-24-9-5-4-6-17(24)21-16/h4-6,9,13-15H,7-8,10-12H2,1-3H3,(H2,19,20,22). The topological polar surface area (TPSA) is 57.0 Å². The fraction of sp³-hybridized carbons (Fsp3) is 0.556. The molecule has 2 aromatic rings. The fourth-order valence-corrected chi connectivity index (χ4v) is 3.19. The summed E-state index contributed by atoms with van der Waals surface area (Å²) in [5, 5.41) is 6.92. The number of nitrogens with zero attached hydrogens (tertiary/aromatic N) is 4. The summed E-state index contributed by atoms with van der Waals surface area (Å²) in [6.07, 6.45) is 6.39. The van der Waals surface area contributed by atoms with Crippen molar-refractivity contribution in [2.24, 2.45) is 4.99 Å². The van der Waals surface area contributed by atoms with Crippen LogP contribution < -0.4 is 10.6 Å². The van der Waals surface area contributed by atoms with Gasteiger partial charge in [-0.05, 0) is 38.8 Å². The van der Waals surface area contributed by atoms with Gasteiger partial charge in [0.25, 0.3) is 0 Å². The Morgan fingerprint density at radius 3 is 2.79 bits per heavy atom. The Labute approximate surface area is 144 Å². The molecular weight excluding hydrogens is 300 g/mol. The molecule has 6 heteroatoms. The highest BCUT2D eigenvalue weighted by Gasteiger charge is 2.21. The van der Waals surface area contributed by atoms with Crippen molar-refractivity contribution in [1.29, 1.82) is 0 Å². The number of likely N-dealkylation sites (tertiary alicyclic amines) is 1. The van der Waals surface area contributed by atoms with Gasteiger partial charge in [-0.15, -0.1) is 0 Å². The lowest BCUT2D eigenvalue weighted by molar-refractivity contribution is 0.167. The highest BCUT2D eigenvalue weighted by Crippen LogP contribution is 2.12. The van der Waals surface area contributed by atoms with Crippen LogP contribution in [0.15, 0.2) is 35.6 Å². The van der Waals surface area contributed by atoms with E-state index in [0.717, 1.165) is 43.2 Å². The van der Waals surface area contributed by atoms with Crippen LogP contribution in [0.5, 0.6) is 0 Å². The van der Waals surface area contributed by atoms with Gasteiger partial charge in [0, 0.05) is 44.6 Å². The second-order valence-corrected chi connectivity index (χ2v) is 6.67. The molecule has 1 aliphatic heterocycles. The molecule has 0 bridgehead atoms. The Morgan fingerprint density at radius 2 is 2.12 bits per heavy atom. The molecule has 2 N–H and O–H groups in total. The van der Waals surface area contributed by atoms with Gasteiger partial charge in [0.05, 0.1) is 12.2 Å². The average molecular weight is 328 g/mol. The van der Waals surface area contributed by atoms with E-state index < -0.39 is 0 Å². The van der Waals surface area contributed by atoms with E-state index in [2.05, 4.69) is 45.6 Å². The van der Waals surface area contributed by atoms with Gasteiger partial charge in [-0.25, -0.2) is 4.98 Å². The lowest BCUT2D eigenvalue weighted by atomic mass is 10.0. The van der Waals surface area contributed by atoms with E-state index in [4.69, 9.17) is 0 Å². The van der Waals surface area contributed by atoms with Crippen molar-refractivity contribution in [2.75, 3.05) is 20.1 Å². The minimum atomic E-state index is 0.493. The van der Waals surface area contributed by atoms with E-state index in [0.29, 0.717) is 18.6 Å². The number of rotatable bonds is 4. The summed E-state index contributed by atoms with van der Waals surface area (Å²) in [5.41, 5.74) is 1.98. The zero-order chi connectivity index (χ0) is 16.9. The van der Waals surface area contributed by atoms with E-state index in [1.807, 2.05) is 35.8 Å². The molecule has 2 aromatic heterocycles. The first kappa shape index (κ1) is 16.8. The van der Waals surface area contributed by atoms with Crippen LogP contribution in [0.2, 0.25) is 0 Å². The van der Waals surface area contributed by atoms with Crippen molar-refractivity contribution in [3.05, 3.63) is 36.3 Å². The lowest BCUT2D eigenvalue weighted by Crippen LogP contribution is -2.49. The molecule has 1 fully saturated rings. The summed E-state index contributed by atoms with van der Waals surface area (Å²) in [6.45, 7) is 7.51. The van der Waals surface area contributed by atoms with Crippen LogP contribution in [0.4, 0.5) is 0 Å². The van der Waals surface area contributed by atoms with Crippen molar-refractivity contribution in [1.82, 2.24) is 24.9 Å². The van der Waals surface area contributed by atoms with Crippen LogP contribution in [0.25, 0.3) is 5.65 Å². The van der Waals surface area contributed by atoms with Crippen molar-refractivity contribution >= 4 is 11.6 Å². The van der Waals surface area contributed by atoms with Gasteiger partial charge in [-0.1, -0.05) is 6.07 Å². The second kappa shape index (κ2) is 7.66. The molecule has 130 valence electrons. The summed E-state index contributed by atoms with van der Waals surface area (Å²) in [4.78, 5) is 11.5. The first-order chi connectivity index (χ1) is 11.7. The minimum Gasteiger partial charge on any atom is -0.354 e. The Balaban J connectivity index is 1.50. The average Bonchev–Trinajstić information content (AvgIpc) is 3.02. The monoisotopic (exact) mass is 328 g/mol. The maximum Gasteiger partial charge on any atom is 0.191 e. The third-order valence-electron chi connectivity index (χ3n) is 4.68. The SMILES string of the molecule is CN=C(NCc1cn2ccccc2n1)NC1CCN(C(C)C)CC1. The maximum atomic E-state index is 4.61. The number of aliphatic imine (C=N–C) groups is 1. The number of hydrogen-bond acceptors (Lipinski definition) is 3. The van der Waals surface area contributed by atoms with Crippen molar-refractivity contribution in [3.8, 4) is 0 Å². The van der Waals surface area contributed by atoms with Crippen molar-refractivity contribution in [3.63, 3.8) is 0 Å². The Bertz CT molecular complexity index is 649. The van der Waals surface area contributed by atoms with Gasteiger partial charge in [0.2, 0.25) is 0 Å². The van der Waals surface area contributed by atoms with E-state index in [1.54, 1.807) is 0 Å². The van der Waals surface area contributed by atoms with Crippen molar-refractivity contribution < 1.29 is 0 Å². The first-order valence-electron chi connectivity index (χ1n) is 8.79. The van der Waals surface area contributed by atoms with E-state index in [1.165, 1.54) is 0 Å². The number of aromatic nitrogens is 2. The summed E-state index contributed by atoms with van der Waals surface area (Å²) < 4.78 is 2.04. The Morgan fingerprint density at radius 1 is 1.33 bits per heavy atom. The number of pyridine rings is 1. The Hall–Kier alpha value is -2.08. The molecule has 24 heavy (non-hydrogen) atoms. The second-order valence-electron chi connectivity index (χ2n) is 6.67. The largest absolute Gasteiger partial charge is 0.354 e. The molecule has 1 saturated heterocycles. The molecule has 0 saturated carbocycles. The zero-order valence-electron chi connectivity index (χ0n) is 14.9. The van der Waals surface area contributed by atoms with Gasteiger partial charge in [0.15, 0.2) is 5.96 Å². The van der Waals surface area contributed by atoms with Crippen LogP contribution in [0.3, 0.4) is 0 Å². The molecule has 0 aliphatic carbocycles. The van der Waals surface area contributed by atoms with E-state index in [9.17, 15) is 0 Å². The molecule has 0 unspecified atom stereocenters. The highest BCUT2D eigenvalue weighted by molar-refractivity contribution is 5.79. The molecule has 0 radical (unpaired) electrons. The third kappa shape index (κ3) is 4.06. The van der Waals surface area contributed by atoms with E-state index >= 15 is 0 Å². The minimum absolute atomic E-state index is 0.493. The van der Waals surface area contributed by atoms with Crippen LogP contribution in [0.1, 0.15) is 32.4 Å². The van der Waals surface area contributed by atoms with E-state index in [-0.39, 0.29) is 0 Å². The first-order valence-corrected chi connectivity index (χ1v) is 8.79. The van der Waals surface area contributed by atoms with Crippen LogP contribution in [-0.2, 0) is 6.54 Å². The van der Waals surface area contributed by atoms with Gasteiger partial charge < -0.3 is 19.9 Å². The molecular formula is C18H28N6. The molecule has 0 spiro atoms. The number of imidazole rings is 1. The van der Waals surface area contributed by atoms with Crippen molar-refractivity contribution in [2.45, 2.75) is 45.3 Å².